The van der Waals surface area contributed by atoms with Crippen LogP contribution in [0.3, 0.4) is 0 Å². The van der Waals surface area contributed by atoms with Gasteiger partial charge in [-0.3, -0.25) is 28.8 Å². The number of ether oxygens (including phenoxy) is 9. The van der Waals surface area contributed by atoms with Crippen molar-refractivity contribution in [2.75, 3.05) is 59.5 Å². The number of esters is 3. The zero-order valence-electron chi connectivity index (χ0n) is 63.2. The predicted octanol–water partition coefficient (Wildman–Crippen LogP) is 22.0. The Bertz CT molecular complexity index is 3180. The summed E-state index contributed by atoms with van der Waals surface area (Å²) in [6.07, 6.45) is 8.62. The van der Waals surface area contributed by atoms with Crippen molar-refractivity contribution < 1.29 is 71.4 Å². The lowest BCUT2D eigenvalue weighted by molar-refractivity contribution is -0.150. The average Bonchev–Trinajstić information content (AvgIpc) is 0.857. The van der Waals surface area contributed by atoms with Gasteiger partial charge in [0.2, 0.25) is 0 Å². The summed E-state index contributed by atoms with van der Waals surface area (Å²) in [6.45, 7) is 27.6. The molecule has 0 saturated carbocycles. The largest absolute Gasteiger partial charge is 0.494 e. The van der Waals surface area contributed by atoms with Gasteiger partial charge in [0.05, 0.1) is 104 Å². The minimum absolute atomic E-state index is 0.0944. The summed E-state index contributed by atoms with van der Waals surface area (Å²) in [5, 5.41) is 0. The van der Waals surface area contributed by atoms with Crippen molar-refractivity contribution in [3.05, 3.63) is 169 Å². The Labute approximate surface area is 674 Å². The first kappa shape index (κ1) is 91.8. The van der Waals surface area contributed by atoms with Crippen LogP contribution in [-0.4, -0.2) is 94.7 Å². The Morgan fingerprint density at radius 3 is 0.648 bits per heavy atom. The number of carbonyl (C=O) groups excluding carboxylic acids is 6. The Morgan fingerprint density at radius 1 is 0.267 bits per heavy atom. The van der Waals surface area contributed by atoms with Gasteiger partial charge in [0.25, 0.3) is 0 Å². The zero-order valence-corrected chi connectivity index (χ0v) is 72.7. The van der Waals surface area contributed by atoms with E-state index in [2.05, 4.69) is 116 Å². The van der Waals surface area contributed by atoms with Crippen LogP contribution in [0.5, 0.6) is 34.5 Å². The van der Waals surface area contributed by atoms with Gasteiger partial charge in [-0.2, -0.15) is 0 Å². The van der Waals surface area contributed by atoms with E-state index >= 15 is 0 Å². The SMILES string of the molecule is CCCC(Cc1cc(Br)c(OCC)c(Br)c1)C(=O)CC(Cc1ccc(OCC)cc1)C(=O)OCC.CCCC(Cc1cc(Br)c(OCC)c(Br)c1)C(=O)CC(Cc1ccc(OCC)cc1)C(=O)OCC.CCCC(Cc1cc(Br)c(OCC)c(Br)c1)C(=O)CC(Cc1ccc(OCC)cc1)C(=O)OCC. The van der Waals surface area contributed by atoms with Gasteiger partial charge in [0.15, 0.2) is 0 Å². The summed E-state index contributed by atoms with van der Waals surface area (Å²) in [7, 11) is 0. The number of carbonyl (C=O) groups is 6. The zero-order chi connectivity index (χ0) is 77.4. The lowest BCUT2D eigenvalue weighted by Crippen LogP contribution is -2.27. The van der Waals surface area contributed by atoms with E-state index in [0.717, 1.165) is 133 Å². The van der Waals surface area contributed by atoms with E-state index in [1.165, 1.54) is 0 Å². The normalized spacial score (nSPS) is 12.6. The lowest BCUT2D eigenvalue weighted by atomic mass is 9.85. The second kappa shape index (κ2) is 50.9. The molecule has 0 radical (unpaired) electrons. The average molecular weight is 1840 g/mol. The molecule has 0 N–H and O–H groups in total. The summed E-state index contributed by atoms with van der Waals surface area (Å²) in [6, 6.07) is 35.1. The Kier molecular flexibility index (Phi) is 44.5. The number of ketones is 3. The predicted molar refractivity (Wildman–Crippen MR) is 439 cm³/mol. The molecule has 6 atom stereocenters. The molecule has 6 aromatic carbocycles. The van der Waals surface area contributed by atoms with Gasteiger partial charge in [-0.25, -0.2) is 0 Å². The van der Waals surface area contributed by atoms with Crippen LogP contribution in [0.2, 0.25) is 0 Å². The standard InChI is InChI=1S/3C28H36Br2O5/c3*1-5-9-21(15-20-16-24(29)27(34-7-3)25(30)17-20)26(31)18-22(28(32)35-8-4)14-19-10-12-23(13-11-19)33-6-2/h3*10-13,16-17,21-22H,5-9,14-15,18H2,1-4H3. The summed E-state index contributed by atoms with van der Waals surface area (Å²) in [4.78, 5) is 78.6. The van der Waals surface area contributed by atoms with E-state index in [4.69, 9.17) is 42.6 Å². The highest BCUT2D eigenvalue weighted by Crippen LogP contribution is 2.40. The second-order valence-electron chi connectivity index (χ2n) is 25.2. The van der Waals surface area contributed by atoms with Gasteiger partial charge >= 0.3 is 17.9 Å². The number of hydrogen-bond acceptors (Lipinski definition) is 15. The third kappa shape index (κ3) is 32.3. The van der Waals surface area contributed by atoms with E-state index < -0.39 is 17.8 Å². The number of hydrogen-bond donors (Lipinski definition) is 0. The summed E-state index contributed by atoms with van der Waals surface area (Å²) >= 11 is 21.5. The monoisotopic (exact) mass is 1830 g/mol. The quantitative estimate of drug-likeness (QED) is 0.0259. The van der Waals surface area contributed by atoms with Crippen LogP contribution in [0, 0.1) is 35.5 Å². The molecule has 6 rings (SSSR count). The Balaban J connectivity index is 0.000000333. The summed E-state index contributed by atoms with van der Waals surface area (Å²) in [5.41, 5.74) is 6.05. The van der Waals surface area contributed by atoms with E-state index in [1.54, 1.807) is 20.8 Å². The number of benzene rings is 6. The molecule has 21 heteroatoms. The molecule has 0 saturated heterocycles. The van der Waals surface area contributed by atoms with E-state index in [9.17, 15) is 28.8 Å². The highest BCUT2D eigenvalue weighted by Gasteiger charge is 2.32. The summed E-state index contributed by atoms with van der Waals surface area (Å²) in [5.74, 6) is 1.89. The van der Waals surface area contributed by atoms with Crippen molar-refractivity contribution in [3.63, 3.8) is 0 Å². The van der Waals surface area contributed by atoms with Crippen molar-refractivity contribution in [1.29, 1.82) is 0 Å². The smallest absolute Gasteiger partial charge is 0.309 e. The molecule has 0 heterocycles. The molecule has 0 aliphatic heterocycles. The third-order valence-corrected chi connectivity index (χ3v) is 20.7. The van der Waals surface area contributed by atoms with Gasteiger partial charge in [-0.1, -0.05) is 76.4 Å². The molecule has 0 fully saturated rings. The van der Waals surface area contributed by atoms with Crippen LogP contribution < -0.4 is 28.4 Å². The van der Waals surface area contributed by atoms with Crippen molar-refractivity contribution in [2.24, 2.45) is 35.5 Å². The van der Waals surface area contributed by atoms with E-state index in [0.29, 0.717) is 98.0 Å². The fourth-order valence-electron chi connectivity index (χ4n) is 12.3. The fourth-order valence-corrected chi connectivity index (χ4v) is 16.8. The minimum atomic E-state index is -0.515. The Morgan fingerprint density at radius 2 is 0.467 bits per heavy atom. The van der Waals surface area contributed by atoms with Crippen molar-refractivity contribution in [2.45, 2.75) is 179 Å². The maximum absolute atomic E-state index is 13.4. The molecule has 0 amide bonds. The van der Waals surface area contributed by atoms with Crippen LogP contribution in [0.25, 0.3) is 0 Å². The van der Waals surface area contributed by atoms with Crippen molar-refractivity contribution >= 4 is 131 Å². The molecule has 0 aliphatic rings. The van der Waals surface area contributed by atoms with Gasteiger partial charge in [-0.15, -0.1) is 0 Å². The molecular formula is C84H108Br6O15. The van der Waals surface area contributed by atoms with Gasteiger partial charge in [0.1, 0.15) is 51.8 Å². The van der Waals surface area contributed by atoms with Gasteiger partial charge in [0, 0.05) is 37.0 Å². The van der Waals surface area contributed by atoms with Crippen LogP contribution in [0.1, 0.15) is 174 Å². The molecule has 0 spiro atoms. The first-order valence-electron chi connectivity index (χ1n) is 37.0. The Hall–Kier alpha value is -5.58. The number of rotatable bonds is 45. The van der Waals surface area contributed by atoms with Crippen LogP contribution in [0.15, 0.2) is 136 Å². The maximum Gasteiger partial charge on any atom is 0.309 e. The molecule has 0 aliphatic carbocycles. The van der Waals surface area contributed by atoms with Crippen molar-refractivity contribution in [3.8, 4) is 34.5 Å². The minimum Gasteiger partial charge on any atom is -0.494 e. The number of halogens is 6. The van der Waals surface area contributed by atoms with Crippen LogP contribution >= 0.6 is 95.6 Å². The molecule has 576 valence electrons. The topological polar surface area (TPSA) is 185 Å². The van der Waals surface area contributed by atoms with E-state index in [-0.39, 0.29) is 72.3 Å². The number of Topliss-reactive ketones (excluding diaryl/α,β-unsaturated/α-hetero) is 3. The second-order valence-corrected chi connectivity index (χ2v) is 30.4. The molecule has 105 heavy (non-hydrogen) atoms. The van der Waals surface area contributed by atoms with Gasteiger partial charge in [-0.05, 0) is 322 Å². The fraction of sp³-hybridized carbons (Fsp3) is 0.500. The molecule has 6 unspecified atom stereocenters. The molecule has 0 aromatic heterocycles. The summed E-state index contributed by atoms with van der Waals surface area (Å²) < 4.78 is 54.7. The molecule has 0 bridgehead atoms. The van der Waals surface area contributed by atoms with E-state index in [1.807, 2.05) is 151 Å². The first-order chi connectivity index (χ1) is 50.5. The molecular weight excluding hydrogens is 1730 g/mol. The molecule has 15 nitrogen and oxygen atoms in total. The third-order valence-electron chi connectivity index (χ3n) is 17.1. The highest BCUT2D eigenvalue weighted by molar-refractivity contribution is 9.12. The van der Waals surface area contributed by atoms with Gasteiger partial charge < -0.3 is 42.6 Å². The van der Waals surface area contributed by atoms with Crippen LogP contribution in [0.4, 0.5) is 0 Å². The van der Waals surface area contributed by atoms with Crippen LogP contribution in [-0.2, 0) is 81.5 Å². The maximum atomic E-state index is 13.4. The molecule has 6 aromatic rings. The first-order valence-corrected chi connectivity index (χ1v) is 41.8. The highest BCUT2D eigenvalue weighted by atomic mass is 79.9. The van der Waals surface area contributed by atoms with Crippen molar-refractivity contribution in [1.82, 2.24) is 0 Å². The lowest BCUT2D eigenvalue weighted by Gasteiger charge is -2.20.